The normalized spacial score (nSPS) is 21.7. The van der Waals surface area contributed by atoms with E-state index >= 15 is 0 Å². The van der Waals surface area contributed by atoms with E-state index in [1.54, 1.807) is 0 Å². The van der Waals surface area contributed by atoms with Crippen molar-refractivity contribution in [2.45, 2.75) is 36.6 Å². The fourth-order valence-electron chi connectivity index (χ4n) is 2.63. The third kappa shape index (κ3) is 4.67. The maximum Gasteiger partial charge on any atom is 0.306 e. The third-order valence-corrected chi connectivity index (χ3v) is 4.74. The van der Waals surface area contributed by atoms with Gasteiger partial charge in [-0.15, -0.1) is 11.8 Å². The van der Waals surface area contributed by atoms with E-state index in [2.05, 4.69) is 5.32 Å². The molecule has 2 unspecified atom stereocenters. The van der Waals surface area contributed by atoms with Crippen LogP contribution in [0.2, 0.25) is 0 Å². The van der Waals surface area contributed by atoms with Crippen LogP contribution in [0.5, 0.6) is 0 Å². The zero-order chi connectivity index (χ0) is 15.2. The number of carboxylic acid groups (broad SMARTS) is 1. The quantitative estimate of drug-likeness (QED) is 0.701. The van der Waals surface area contributed by atoms with Gasteiger partial charge in [-0.3, -0.25) is 9.59 Å². The fourth-order valence-corrected chi connectivity index (χ4v) is 3.38. The highest BCUT2D eigenvalue weighted by atomic mass is 32.2. The maximum absolute atomic E-state index is 11.1. The minimum Gasteiger partial charge on any atom is -0.481 e. The number of nitrogens with one attached hydrogen (secondary N) is 1. The van der Waals surface area contributed by atoms with Crippen LogP contribution in [0.25, 0.3) is 0 Å². The van der Waals surface area contributed by atoms with Crippen LogP contribution in [0, 0.1) is 5.92 Å². The second-order valence-electron chi connectivity index (χ2n) is 5.29. The monoisotopic (exact) mass is 308 g/mol. The number of anilines is 1. The fraction of sp³-hybridized carbons (Fsp3) is 0.467. The first kappa shape index (κ1) is 15.7. The van der Waals surface area contributed by atoms with Crippen LogP contribution in [0.3, 0.4) is 0 Å². The molecule has 0 saturated heterocycles. The molecule has 1 aromatic rings. The van der Waals surface area contributed by atoms with Crippen molar-refractivity contribution in [1.29, 1.82) is 0 Å². The third-order valence-electron chi connectivity index (χ3n) is 3.64. The van der Waals surface area contributed by atoms with Crippen LogP contribution in [0.4, 0.5) is 5.69 Å². The standard InChI is InChI=1S/C15H20N2O3S/c16-14(18)9-21-13-7-2-1-6-12(13)17-11-5-3-4-10(8-11)15(19)20/h1-2,6-7,10-11,17H,3-5,8-9H2,(H2,16,18)(H,19,20). The van der Waals surface area contributed by atoms with E-state index in [4.69, 9.17) is 10.8 Å². The summed E-state index contributed by atoms with van der Waals surface area (Å²) in [7, 11) is 0. The lowest BCUT2D eigenvalue weighted by atomic mass is 9.85. The second kappa shape index (κ2) is 7.36. The van der Waals surface area contributed by atoms with Crippen molar-refractivity contribution in [2.24, 2.45) is 11.7 Å². The number of primary amides is 1. The molecule has 1 saturated carbocycles. The van der Waals surface area contributed by atoms with Gasteiger partial charge < -0.3 is 16.2 Å². The number of benzene rings is 1. The van der Waals surface area contributed by atoms with Gasteiger partial charge in [-0.2, -0.15) is 0 Å². The molecule has 0 aliphatic heterocycles. The molecule has 1 amide bonds. The van der Waals surface area contributed by atoms with E-state index in [1.165, 1.54) is 11.8 Å². The summed E-state index contributed by atoms with van der Waals surface area (Å²) < 4.78 is 0. The summed E-state index contributed by atoms with van der Waals surface area (Å²) in [5, 5.41) is 12.6. The molecular weight excluding hydrogens is 288 g/mol. The zero-order valence-corrected chi connectivity index (χ0v) is 12.6. The van der Waals surface area contributed by atoms with Gasteiger partial charge in [0.1, 0.15) is 0 Å². The van der Waals surface area contributed by atoms with Crippen LogP contribution < -0.4 is 11.1 Å². The summed E-state index contributed by atoms with van der Waals surface area (Å²) in [5.74, 6) is -1.08. The molecule has 1 aliphatic carbocycles. The van der Waals surface area contributed by atoms with Crippen molar-refractivity contribution in [2.75, 3.05) is 11.1 Å². The molecule has 1 aromatic carbocycles. The van der Waals surface area contributed by atoms with Crippen molar-refractivity contribution in [3.8, 4) is 0 Å². The van der Waals surface area contributed by atoms with Gasteiger partial charge in [-0.25, -0.2) is 0 Å². The first-order chi connectivity index (χ1) is 10.1. The lowest BCUT2D eigenvalue weighted by molar-refractivity contribution is -0.142. The van der Waals surface area contributed by atoms with Gasteiger partial charge in [-0.05, 0) is 31.4 Å². The van der Waals surface area contributed by atoms with Crippen LogP contribution in [-0.2, 0) is 9.59 Å². The Balaban J connectivity index is 2.01. The Morgan fingerprint density at radius 1 is 1.33 bits per heavy atom. The van der Waals surface area contributed by atoms with Crippen molar-refractivity contribution >= 4 is 29.3 Å². The van der Waals surface area contributed by atoms with Crippen molar-refractivity contribution in [1.82, 2.24) is 0 Å². The van der Waals surface area contributed by atoms with E-state index in [0.29, 0.717) is 6.42 Å². The lowest BCUT2D eigenvalue weighted by Gasteiger charge is -2.28. The second-order valence-corrected chi connectivity index (χ2v) is 6.31. The molecule has 21 heavy (non-hydrogen) atoms. The van der Waals surface area contributed by atoms with Gasteiger partial charge in [0.2, 0.25) is 5.91 Å². The van der Waals surface area contributed by atoms with E-state index in [9.17, 15) is 9.59 Å². The number of carbonyl (C=O) groups is 2. The molecule has 4 N–H and O–H groups in total. The van der Waals surface area contributed by atoms with E-state index < -0.39 is 5.97 Å². The van der Waals surface area contributed by atoms with Crippen molar-refractivity contribution in [3.05, 3.63) is 24.3 Å². The topological polar surface area (TPSA) is 92.4 Å². The van der Waals surface area contributed by atoms with Crippen molar-refractivity contribution < 1.29 is 14.7 Å². The van der Waals surface area contributed by atoms with E-state index in [0.717, 1.165) is 29.8 Å². The first-order valence-electron chi connectivity index (χ1n) is 7.05. The molecular formula is C15H20N2O3S. The van der Waals surface area contributed by atoms with Gasteiger partial charge in [0, 0.05) is 16.6 Å². The molecule has 1 aliphatic rings. The average Bonchev–Trinajstić information content (AvgIpc) is 2.46. The molecule has 1 fully saturated rings. The minimum absolute atomic E-state index is 0.162. The highest BCUT2D eigenvalue weighted by Gasteiger charge is 2.27. The summed E-state index contributed by atoms with van der Waals surface area (Å²) in [6, 6.07) is 7.89. The number of carboxylic acids is 1. The summed E-state index contributed by atoms with van der Waals surface area (Å²) in [4.78, 5) is 23.0. The Morgan fingerprint density at radius 2 is 2.10 bits per heavy atom. The number of nitrogens with two attached hydrogens (primary N) is 1. The molecule has 2 atom stereocenters. The van der Waals surface area contributed by atoms with Crippen LogP contribution in [0.1, 0.15) is 25.7 Å². The molecule has 2 rings (SSSR count). The summed E-state index contributed by atoms with van der Waals surface area (Å²) in [5.41, 5.74) is 6.12. The van der Waals surface area contributed by atoms with Gasteiger partial charge in [0.25, 0.3) is 0 Å². The predicted molar refractivity (Wildman–Crippen MR) is 83.4 cm³/mol. The lowest BCUT2D eigenvalue weighted by Crippen LogP contribution is -2.31. The van der Waals surface area contributed by atoms with Gasteiger partial charge in [-0.1, -0.05) is 18.6 Å². The Kier molecular flexibility index (Phi) is 5.50. The molecule has 6 heteroatoms. The van der Waals surface area contributed by atoms with Crippen LogP contribution in [-0.4, -0.2) is 28.8 Å². The number of hydrogen-bond donors (Lipinski definition) is 3. The van der Waals surface area contributed by atoms with E-state index in [1.807, 2.05) is 24.3 Å². The highest BCUT2D eigenvalue weighted by Crippen LogP contribution is 2.31. The van der Waals surface area contributed by atoms with Crippen molar-refractivity contribution in [3.63, 3.8) is 0 Å². The smallest absolute Gasteiger partial charge is 0.306 e. The predicted octanol–water partition coefficient (Wildman–Crippen LogP) is 2.32. The Bertz CT molecular complexity index is 521. The summed E-state index contributed by atoms with van der Waals surface area (Å²) in [6.07, 6.45) is 3.29. The molecule has 0 bridgehead atoms. The summed E-state index contributed by atoms with van der Waals surface area (Å²) >= 11 is 1.40. The molecule has 0 aromatic heterocycles. The Morgan fingerprint density at radius 3 is 2.81 bits per heavy atom. The maximum atomic E-state index is 11.1. The Labute approximate surface area is 128 Å². The average molecular weight is 308 g/mol. The zero-order valence-electron chi connectivity index (χ0n) is 11.7. The number of carbonyl (C=O) groups excluding carboxylic acids is 1. The minimum atomic E-state index is -0.710. The van der Waals surface area contributed by atoms with Crippen LogP contribution >= 0.6 is 11.8 Å². The van der Waals surface area contributed by atoms with Gasteiger partial charge >= 0.3 is 5.97 Å². The highest BCUT2D eigenvalue weighted by molar-refractivity contribution is 8.00. The number of amides is 1. The molecule has 0 spiro atoms. The van der Waals surface area contributed by atoms with Gasteiger partial charge in [0.05, 0.1) is 11.7 Å². The molecule has 0 radical (unpaired) electrons. The SMILES string of the molecule is NC(=O)CSc1ccccc1NC1CCCC(C(=O)O)C1. The molecule has 0 heterocycles. The molecule has 114 valence electrons. The van der Waals surface area contributed by atoms with Crippen LogP contribution in [0.15, 0.2) is 29.2 Å². The number of thioether (sulfide) groups is 1. The first-order valence-corrected chi connectivity index (χ1v) is 8.04. The summed E-state index contributed by atoms with van der Waals surface area (Å²) in [6.45, 7) is 0. The van der Waals surface area contributed by atoms with E-state index in [-0.39, 0.29) is 23.6 Å². The number of rotatable bonds is 6. The number of hydrogen-bond acceptors (Lipinski definition) is 4. The van der Waals surface area contributed by atoms with Gasteiger partial charge in [0.15, 0.2) is 0 Å². The largest absolute Gasteiger partial charge is 0.481 e. The Hall–Kier alpha value is -1.69. The molecule has 5 nitrogen and oxygen atoms in total. The number of aliphatic carboxylic acids is 1. The number of para-hydroxylation sites is 1.